The van der Waals surface area contributed by atoms with Crippen molar-refractivity contribution >= 4 is 35.0 Å². The topological polar surface area (TPSA) is 67.4 Å². The zero-order valence-corrected chi connectivity index (χ0v) is 15.4. The van der Waals surface area contributed by atoms with Crippen LogP contribution < -0.4 is 15.4 Å². The number of carbonyl (C=O) groups is 2. The minimum atomic E-state index is -0.352. The number of benzene rings is 2. The van der Waals surface area contributed by atoms with Crippen LogP contribution in [0, 0.1) is 6.92 Å². The van der Waals surface area contributed by atoms with Crippen molar-refractivity contribution in [1.29, 1.82) is 0 Å². The van der Waals surface area contributed by atoms with Crippen molar-refractivity contribution in [1.82, 2.24) is 0 Å². The Balaban J connectivity index is 1.80. The summed E-state index contributed by atoms with van der Waals surface area (Å²) in [7, 11) is 1.58. The highest BCUT2D eigenvalue weighted by Gasteiger charge is 2.15. The van der Waals surface area contributed by atoms with Gasteiger partial charge in [0.1, 0.15) is 5.75 Å². The Kier molecular flexibility index (Phi) is 6.89. The van der Waals surface area contributed by atoms with Crippen LogP contribution >= 0.6 is 11.8 Å². The van der Waals surface area contributed by atoms with Gasteiger partial charge in [-0.1, -0.05) is 23.8 Å². The lowest BCUT2D eigenvalue weighted by Crippen LogP contribution is -2.25. The van der Waals surface area contributed by atoms with Gasteiger partial charge >= 0.3 is 0 Å². The van der Waals surface area contributed by atoms with Crippen molar-refractivity contribution in [3.05, 3.63) is 54.1 Å². The van der Waals surface area contributed by atoms with E-state index in [1.807, 2.05) is 37.3 Å². The Labute approximate surface area is 152 Å². The largest absolute Gasteiger partial charge is 0.497 e. The number of carbonyl (C=O) groups excluding carboxylic acids is 2. The lowest BCUT2D eigenvalue weighted by atomic mass is 10.2. The van der Waals surface area contributed by atoms with E-state index in [0.29, 0.717) is 11.4 Å². The van der Waals surface area contributed by atoms with Crippen LogP contribution in [0.1, 0.15) is 12.5 Å². The van der Waals surface area contributed by atoms with Crippen molar-refractivity contribution < 1.29 is 14.3 Å². The highest BCUT2D eigenvalue weighted by molar-refractivity contribution is 8.01. The molecule has 2 amide bonds. The Morgan fingerprint density at radius 1 is 1.08 bits per heavy atom. The molecule has 0 aliphatic rings. The third-order valence-electron chi connectivity index (χ3n) is 3.51. The smallest absolute Gasteiger partial charge is 0.237 e. The van der Waals surface area contributed by atoms with Crippen molar-refractivity contribution in [2.45, 2.75) is 19.1 Å². The predicted molar refractivity (Wildman–Crippen MR) is 103 cm³/mol. The van der Waals surface area contributed by atoms with Gasteiger partial charge in [-0.2, -0.15) is 0 Å². The first-order valence-corrected chi connectivity index (χ1v) is 8.96. The van der Waals surface area contributed by atoms with Crippen LogP contribution in [0.15, 0.2) is 48.5 Å². The summed E-state index contributed by atoms with van der Waals surface area (Å²) in [4.78, 5) is 24.2. The molecule has 1 unspecified atom stereocenters. The fourth-order valence-electron chi connectivity index (χ4n) is 2.06. The summed E-state index contributed by atoms with van der Waals surface area (Å²) in [6.45, 7) is 3.77. The van der Waals surface area contributed by atoms with Gasteiger partial charge in [0.15, 0.2) is 0 Å². The first kappa shape index (κ1) is 18.9. The van der Waals surface area contributed by atoms with Gasteiger partial charge in [-0.3, -0.25) is 9.59 Å². The van der Waals surface area contributed by atoms with E-state index in [2.05, 4.69) is 10.6 Å². The Morgan fingerprint density at radius 2 is 1.80 bits per heavy atom. The molecule has 0 fully saturated rings. The third kappa shape index (κ3) is 6.15. The maximum absolute atomic E-state index is 12.2. The number of aryl methyl sites for hydroxylation is 1. The predicted octanol–water partition coefficient (Wildman–Crippen LogP) is 3.70. The van der Waals surface area contributed by atoms with E-state index in [-0.39, 0.29) is 22.8 Å². The minimum Gasteiger partial charge on any atom is -0.497 e. The molecule has 1 atom stereocenters. The molecule has 0 aromatic heterocycles. The van der Waals surface area contributed by atoms with Gasteiger partial charge in [-0.25, -0.2) is 0 Å². The summed E-state index contributed by atoms with van der Waals surface area (Å²) < 4.78 is 5.13. The van der Waals surface area contributed by atoms with Crippen molar-refractivity contribution in [2.24, 2.45) is 0 Å². The summed E-state index contributed by atoms with van der Waals surface area (Å²) in [5, 5.41) is 5.29. The molecule has 0 radical (unpaired) electrons. The molecular weight excluding hydrogens is 336 g/mol. The number of hydrogen-bond acceptors (Lipinski definition) is 4. The molecule has 0 aliphatic carbocycles. The lowest BCUT2D eigenvalue weighted by Gasteiger charge is -2.12. The number of methoxy groups -OCH3 is 1. The van der Waals surface area contributed by atoms with Gasteiger partial charge in [-0.05, 0) is 38.1 Å². The number of hydrogen-bond donors (Lipinski definition) is 2. The first-order valence-electron chi connectivity index (χ1n) is 7.91. The Morgan fingerprint density at radius 3 is 2.48 bits per heavy atom. The van der Waals surface area contributed by atoms with Gasteiger partial charge in [0.25, 0.3) is 0 Å². The third-order valence-corrected chi connectivity index (χ3v) is 4.65. The van der Waals surface area contributed by atoms with Gasteiger partial charge in [0.2, 0.25) is 11.8 Å². The molecule has 0 saturated heterocycles. The molecule has 0 saturated carbocycles. The minimum absolute atomic E-state index is 0.130. The van der Waals surface area contributed by atoms with Gasteiger partial charge in [0.05, 0.1) is 18.1 Å². The molecular formula is C19H22N2O3S. The quantitative estimate of drug-likeness (QED) is 0.792. The second-order valence-electron chi connectivity index (χ2n) is 5.59. The second kappa shape index (κ2) is 9.13. The maximum atomic E-state index is 12.2. The maximum Gasteiger partial charge on any atom is 0.237 e. The standard InChI is InChI=1S/C19H22N2O3S/c1-13-7-9-15(10-8-13)20-18(22)12-25-14(2)19(23)21-16-5-4-6-17(11-16)24-3/h4-11,14H,12H2,1-3H3,(H,20,22)(H,21,23). The molecule has 132 valence electrons. The molecule has 25 heavy (non-hydrogen) atoms. The monoisotopic (exact) mass is 358 g/mol. The van der Waals surface area contributed by atoms with E-state index in [9.17, 15) is 9.59 Å². The van der Waals surface area contributed by atoms with Crippen LogP contribution in [0.3, 0.4) is 0 Å². The van der Waals surface area contributed by atoms with Crippen LogP contribution in [-0.2, 0) is 9.59 Å². The average Bonchev–Trinajstić information content (AvgIpc) is 2.61. The summed E-state index contributed by atoms with van der Waals surface area (Å²) in [6, 6.07) is 14.7. The van der Waals surface area contributed by atoms with Gasteiger partial charge in [-0.15, -0.1) is 11.8 Å². The van der Waals surface area contributed by atoms with E-state index in [1.165, 1.54) is 11.8 Å². The summed E-state index contributed by atoms with van der Waals surface area (Å²) in [5.41, 5.74) is 2.56. The van der Waals surface area contributed by atoms with E-state index in [4.69, 9.17) is 4.74 Å². The Bertz CT molecular complexity index is 732. The lowest BCUT2D eigenvalue weighted by molar-refractivity contribution is -0.115. The molecule has 0 aliphatic heterocycles. The molecule has 0 spiro atoms. The highest BCUT2D eigenvalue weighted by Crippen LogP contribution is 2.19. The van der Waals surface area contributed by atoms with E-state index in [0.717, 1.165) is 11.3 Å². The molecule has 2 N–H and O–H groups in total. The first-order chi connectivity index (χ1) is 12.0. The summed E-state index contributed by atoms with van der Waals surface area (Å²) >= 11 is 1.29. The van der Waals surface area contributed by atoms with Crippen molar-refractivity contribution in [2.75, 3.05) is 23.5 Å². The second-order valence-corrected chi connectivity index (χ2v) is 6.92. The van der Waals surface area contributed by atoms with Crippen LogP contribution in [0.25, 0.3) is 0 Å². The average molecular weight is 358 g/mol. The van der Waals surface area contributed by atoms with E-state index >= 15 is 0 Å². The number of amides is 2. The summed E-state index contributed by atoms with van der Waals surface area (Å²) in [6.07, 6.45) is 0. The number of anilines is 2. The molecule has 0 heterocycles. The van der Waals surface area contributed by atoms with E-state index < -0.39 is 0 Å². The van der Waals surface area contributed by atoms with Crippen LogP contribution in [0.2, 0.25) is 0 Å². The zero-order chi connectivity index (χ0) is 18.2. The molecule has 2 rings (SSSR count). The molecule has 5 nitrogen and oxygen atoms in total. The number of nitrogens with one attached hydrogen (secondary N) is 2. The number of ether oxygens (including phenoxy) is 1. The number of rotatable bonds is 7. The van der Waals surface area contributed by atoms with Crippen LogP contribution in [0.4, 0.5) is 11.4 Å². The van der Waals surface area contributed by atoms with Crippen LogP contribution in [-0.4, -0.2) is 29.9 Å². The van der Waals surface area contributed by atoms with Crippen molar-refractivity contribution in [3.8, 4) is 5.75 Å². The molecule has 6 heteroatoms. The Hall–Kier alpha value is -2.47. The fraction of sp³-hybridized carbons (Fsp3) is 0.263. The van der Waals surface area contributed by atoms with Gasteiger partial charge in [0, 0.05) is 17.4 Å². The van der Waals surface area contributed by atoms with Crippen LogP contribution in [0.5, 0.6) is 5.75 Å². The summed E-state index contributed by atoms with van der Waals surface area (Å²) in [5.74, 6) is 0.604. The normalized spacial score (nSPS) is 11.5. The molecule has 2 aromatic carbocycles. The SMILES string of the molecule is COc1cccc(NC(=O)C(C)SCC(=O)Nc2ccc(C)cc2)c1. The van der Waals surface area contributed by atoms with E-state index in [1.54, 1.807) is 32.2 Å². The van der Waals surface area contributed by atoms with Crippen molar-refractivity contribution in [3.63, 3.8) is 0 Å². The fourth-order valence-corrected chi connectivity index (χ4v) is 2.74. The molecule has 0 bridgehead atoms. The van der Waals surface area contributed by atoms with Gasteiger partial charge < -0.3 is 15.4 Å². The number of thioether (sulfide) groups is 1. The zero-order valence-electron chi connectivity index (χ0n) is 14.5. The molecule has 2 aromatic rings. The highest BCUT2D eigenvalue weighted by atomic mass is 32.2.